The van der Waals surface area contributed by atoms with E-state index in [1.165, 1.54) is 0 Å². The summed E-state index contributed by atoms with van der Waals surface area (Å²) < 4.78 is 41.2. The van der Waals surface area contributed by atoms with Crippen molar-refractivity contribution in [2.75, 3.05) is 13.7 Å². The topological polar surface area (TPSA) is 111 Å². The summed E-state index contributed by atoms with van der Waals surface area (Å²) in [6.45, 7) is 0.0489. The molecule has 1 atom stereocenters. The van der Waals surface area contributed by atoms with E-state index in [0.717, 1.165) is 17.0 Å². The van der Waals surface area contributed by atoms with Crippen LogP contribution in [0.3, 0.4) is 0 Å². The number of nitrogens with one attached hydrogen (secondary N) is 1. The van der Waals surface area contributed by atoms with Crippen molar-refractivity contribution in [3.05, 3.63) is 35.9 Å². The second-order valence-electron chi connectivity index (χ2n) is 4.95. The van der Waals surface area contributed by atoms with Gasteiger partial charge in [0.05, 0.1) is 7.11 Å². The molecule has 9 nitrogen and oxygen atoms in total. The molecule has 0 aromatic heterocycles. The molecule has 10 heteroatoms. The van der Waals surface area contributed by atoms with Crippen LogP contribution in [0, 0.1) is 0 Å². The van der Waals surface area contributed by atoms with Gasteiger partial charge in [-0.3, -0.25) is 0 Å². The molecule has 1 aromatic carbocycles. The highest BCUT2D eigenvalue weighted by Crippen LogP contribution is 2.21. The molecule has 0 bridgehead atoms. The average Bonchev–Trinajstić information content (AvgIpc) is 3.02. The van der Waals surface area contributed by atoms with Gasteiger partial charge in [-0.2, -0.15) is 8.42 Å². The Morgan fingerprint density at radius 3 is 2.67 bits per heavy atom. The van der Waals surface area contributed by atoms with Gasteiger partial charge in [-0.05, 0) is 12.0 Å². The van der Waals surface area contributed by atoms with Gasteiger partial charge >= 0.3 is 22.5 Å². The summed E-state index contributed by atoms with van der Waals surface area (Å²) in [6.07, 6.45) is -2.32. The summed E-state index contributed by atoms with van der Waals surface area (Å²) in [6, 6.07) is 8.83. The van der Waals surface area contributed by atoms with Crippen LogP contribution in [0.4, 0.5) is 9.59 Å². The zero-order valence-electron chi connectivity index (χ0n) is 13.0. The SMILES string of the molecule is COC(=O)OC1CCCN1S(=O)(=O)NC(=O)OCc1ccccc1. The molecule has 1 amide bonds. The quantitative estimate of drug-likeness (QED) is 0.791. The third kappa shape index (κ3) is 4.83. The van der Waals surface area contributed by atoms with Crippen molar-refractivity contribution in [3.8, 4) is 0 Å². The zero-order valence-corrected chi connectivity index (χ0v) is 13.8. The normalized spacial score (nSPS) is 18.0. The Morgan fingerprint density at radius 1 is 1.29 bits per heavy atom. The van der Waals surface area contributed by atoms with Crippen LogP contribution in [0.15, 0.2) is 30.3 Å². The maximum atomic E-state index is 12.2. The molecule has 1 unspecified atom stereocenters. The van der Waals surface area contributed by atoms with Crippen LogP contribution in [0.2, 0.25) is 0 Å². The van der Waals surface area contributed by atoms with Crippen LogP contribution in [0.25, 0.3) is 0 Å². The van der Waals surface area contributed by atoms with Gasteiger partial charge in [0, 0.05) is 13.0 Å². The lowest BCUT2D eigenvalue weighted by Gasteiger charge is -2.22. The summed E-state index contributed by atoms with van der Waals surface area (Å²) in [7, 11) is -3.07. The molecule has 1 aliphatic rings. The summed E-state index contributed by atoms with van der Waals surface area (Å²) in [5.41, 5.74) is 0.720. The van der Waals surface area contributed by atoms with Crippen molar-refractivity contribution >= 4 is 22.5 Å². The van der Waals surface area contributed by atoms with Gasteiger partial charge in [-0.15, -0.1) is 4.31 Å². The van der Waals surface area contributed by atoms with Crippen molar-refractivity contribution in [2.24, 2.45) is 0 Å². The lowest BCUT2D eigenvalue weighted by Crippen LogP contribution is -2.47. The molecule has 1 aliphatic heterocycles. The highest BCUT2D eigenvalue weighted by Gasteiger charge is 2.38. The van der Waals surface area contributed by atoms with Gasteiger partial charge in [0.25, 0.3) is 0 Å². The first-order valence-corrected chi connectivity index (χ1v) is 8.61. The van der Waals surface area contributed by atoms with Gasteiger partial charge in [0.2, 0.25) is 0 Å². The zero-order chi connectivity index (χ0) is 17.6. The standard InChI is InChI=1S/C14H18N2O7S/c1-21-14(18)23-12-8-5-9-16(12)24(19,20)15-13(17)22-10-11-6-3-2-4-7-11/h2-4,6-7,12H,5,8-10H2,1H3,(H,15,17). The van der Waals surface area contributed by atoms with Crippen molar-refractivity contribution in [2.45, 2.75) is 25.7 Å². The number of methoxy groups -OCH3 is 1. The Hall–Kier alpha value is -2.33. The molecule has 1 N–H and O–H groups in total. The molecule has 0 saturated carbocycles. The third-order valence-corrected chi connectivity index (χ3v) is 4.74. The van der Waals surface area contributed by atoms with E-state index in [9.17, 15) is 18.0 Å². The van der Waals surface area contributed by atoms with E-state index in [2.05, 4.69) is 4.74 Å². The molecule has 1 fully saturated rings. The van der Waals surface area contributed by atoms with E-state index in [0.29, 0.717) is 12.8 Å². The molecule has 1 aromatic rings. The molecular weight excluding hydrogens is 340 g/mol. The smallest absolute Gasteiger partial charge is 0.444 e. The summed E-state index contributed by atoms with van der Waals surface area (Å²) in [5, 5.41) is 0. The number of hydrogen-bond donors (Lipinski definition) is 1. The van der Waals surface area contributed by atoms with Crippen molar-refractivity contribution in [3.63, 3.8) is 0 Å². The Morgan fingerprint density at radius 2 is 2.00 bits per heavy atom. The Labute approximate surface area is 139 Å². The number of ether oxygens (including phenoxy) is 3. The largest absolute Gasteiger partial charge is 0.509 e. The molecule has 1 heterocycles. The van der Waals surface area contributed by atoms with Crippen molar-refractivity contribution in [1.29, 1.82) is 0 Å². The fraction of sp³-hybridized carbons (Fsp3) is 0.429. The number of carbonyl (C=O) groups excluding carboxylic acids is 2. The fourth-order valence-corrected chi connectivity index (χ4v) is 3.39. The number of benzene rings is 1. The number of nitrogens with zero attached hydrogens (tertiary/aromatic N) is 1. The highest BCUT2D eigenvalue weighted by atomic mass is 32.2. The molecule has 2 rings (SSSR count). The maximum Gasteiger partial charge on any atom is 0.509 e. The number of rotatable bonds is 5. The van der Waals surface area contributed by atoms with Crippen molar-refractivity contribution < 1.29 is 32.2 Å². The second-order valence-corrected chi connectivity index (χ2v) is 6.57. The summed E-state index contributed by atoms with van der Waals surface area (Å²) >= 11 is 0. The number of amides is 1. The van der Waals surface area contributed by atoms with E-state index < -0.39 is 28.7 Å². The molecule has 24 heavy (non-hydrogen) atoms. The second kappa shape index (κ2) is 7.97. The molecular formula is C14H18N2O7S. The summed E-state index contributed by atoms with van der Waals surface area (Å²) in [4.78, 5) is 22.8. The van der Waals surface area contributed by atoms with Gasteiger partial charge in [-0.1, -0.05) is 30.3 Å². The van der Waals surface area contributed by atoms with E-state index >= 15 is 0 Å². The van der Waals surface area contributed by atoms with E-state index in [1.54, 1.807) is 29.0 Å². The first kappa shape index (κ1) is 18.0. The van der Waals surface area contributed by atoms with Crippen LogP contribution < -0.4 is 4.72 Å². The molecule has 132 valence electrons. The monoisotopic (exact) mass is 358 g/mol. The minimum Gasteiger partial charge on any atom is -0.444 e. The van der Waals surface area contributed by atoms with Crippen LogP contribution in [-0.2, 0) is 31.0 Å². The van der Waals surface area contributed by atoms with Crippen LogP contribution in [0.5, 0.6) is 0 Å². The maximum absolute atomic E-state index is 12.2. The molecule has 0 radical (unpaired) electrons. The Balaban J connectivity index is 1.91. The van der Waals surface area contributed by atoms with E-state index in [4.69, 9.17) is 9.47 Å². The van der Waals surface area contributed by atoms with Crippen LogP contribution >= 0.6 is 0 Å². The van der Waals surface area contributed by atoms with Crippen molar-refractivity contribution in [1.82, 2.24) is 9.03 Å². The van der Waals surface area contributed by atoms with Crippen LogP contribution in [-0.4, -0.2) is 44.9 Å². The first-order chi connectivity index (χ1) is 11.4. The fourth-order valence-electron chi connectivity index (χ4n) is 2.18. The Kier molecular flexibility index (Phi) is 5.99. The first-order valence-electron chi connectivity index (χ1n) is 7.17. The number of carbonyl (C=O) groups is 2. The van der Waals surface area contributed by atoms with E-state index in [-0.39, 0.29) is 13.2 Å². The predicted octanol–water partition coefficient (Wildman–Crippen LogP) is 1.36. The lowest BCUT2D eigenvalue weighted by molar-refractivity contribution is 0.00564. The molecule has 1 saturated heterocycles. The Bertz CT molecular complexity index is 678. The van der Waals surface area contributed by atoms with Gasteiger partial charge in [0.1, 0.15) is 6.61 Å². The van der Waals surface area contributed by atoms with Gasteiger partial charge < -0.3 is 14.2 Å². The average molecular weight is 358 g/mol. The van der Waals surface area contributed by atoms with E-state index in [1.807, 2.05) is 6.07 Å². The third-order valence-electron chi connectivity index (χ3n) is 3.28. The molecule has 0 spiro atoms. The van der Waals surface area contributed by atoms with Gasteiger partial charge in [-0.25, -0.2) is 14.3 Å². The number of hydrogen-bond acceptors (Lipinski definition) is 7. The minimum absolute atomic E-state index is 0.0652. The summed E-state index contributed by atoms with van der Waals surface area (Å²) in [5.74, 6) is 0. The van der Waals surface area contributed by atoms with Gasteiger partial charge in [0.15, 0.2) is 6.23 Å². The molecule has 0 aliphatic carbocycles. The predicted molar refractivity (Wildman–Crippen MR) is 81.9 cm³/mol. The minimum atomic E-state index is -4.19. The lowest BCUT2D eigenvalue weighted by atomic mass is 10.2. The highest BCUT2D eigenvalue weighted by molar-refractivity contribution is 7.87. The van der Waals surface area contributed by atoms with Crippen LogP contribution in [0.1, 0.15) is 18.4 Å².